The number of anilines is 1. The maximum atomic E-state index is 5.91. The summed E-state index contributed by atoms with van der Waals surface area (Å²) in [7, 11) is 0. The number of oxazole rings is 1. The Labute approximate surface area is 111 Å². The second-order valence-corrected chi connectivity index (χ2v) is 4.34. The first-order valence-electron chi connectivity index (χ1n) is 5.78. The second-order valence-electron chi connectivity index (χ2n) is 3.95. The standard InChI is InChI=1S/C12H15ClN4O/c1-4-10-16-9(13)5-11(17-10)14-6-12-15-7(2)8(3)18-12/h5H,4,6H2,1-3H3,(H,14,16,17). The van der Waals surface area contributed by atoms with Crippen LogP contribution in [0.3, 0.4) is 0 Å². The van der Waals surface area contributed by atoms with Crippen LogP contribution in [0.25, 0.3) is 0 Å². The van der Waals surface area contributed by atoms with Crippen molar-refractivity contribution < 1.29 is 4.42 Å². The Kier molecular flexibility index (Phi) is 3.81. The normalized spacial score (nSPS) is 10.7. The molecule has 6 heteroatoms. The molecular formula is C12H15ClN4O. The fourth-order valence-corrected chi connectivity index (χ4v) is 1.70. The average Bonchev–Trinajstić information content (AvgIpc) is 2.65. The average molecular weight is 267 g/mol. The van der Waals surface area contributed by atoms with Crippen LogP contribution in [-0.4, -0.2) is 15.0 Å². The highest BCUT2D eigenvalue weighted by Crippen LogP contribution is 2.14. The Morgan fingerprint density at radius 2 is 2.06 bits per heavy atom. The first-order chi connectivity index (χ1) is 8.58. The van der Waals surface area contributed by atoms with Crippen LogP contribution >= 0.6 is 11.6 Å². The molecule has 0 saturated carbocycles. The zero-order valence-electron chi connectivity index (χ0n) is 10.6. The molecular weight excluding hydrogens is 252 g/mol. The third-order valence-corrected chi connectivity index (χ3v) is 2.74. The lowest BCUT2D eigenvalue weighted by Crippen LogP contribution is -2.04. The Morgan fingerprint density at radius 3 is 2.67 bits per heavy atom. The zero-order valence-corrected chi connectivity index (χ0v) is 11.4. The fraction of sp³-hybridized carbons (Fsp3) is 0.417. The number of aryl methyl sites for hydroxylation is 3. The predicted molar refractivity (Wildman–Crippen MR) is 69.7 cm³/mol. The molecule has 0 atom stereocenters. The molecule has 1 N–H and O–H groups in total. The van der Waals surface area contributed by atoms with Crippen molar-refractivity contribution in [3.63, 3.8) is 0 Å². The van der Waals surface area contributed by atoms with Crippen LogP contribution in [0, 0.1) is 13.8 Å². The van der Waals surface area contributed by atoms with E-state index in [1.54, 1.807) is 6.07 Å². The smallest absolute Gasteiger partial charge is 0.213 e. The summed E-state index contributed by atoms with van der Waals surface area (Å²) in [6.07, 6.45) is 0.743. The molecule has 5 nitrogen and oxygen atoms in total. The minimum atomic E-state index is 0.434. The van der Waals surface area contributed by atoms with E-state index in [1.807, 2.05) is 20.8 Å². The van der Waals surface area contributed by atoms with Gasteiger partial charge in [0.1, 0.15) is 22.6 Å². The van der Waals surface area contributed by atoms with Crippen molar-refractivity contribution in [3.8, 4) is 0 Å². The van der Waals surface area contributed by atoms with Crippen molar-refractivity contribution in [2.45, 2.75) is 33.7 Å². The molecule has 2 heterocycles. The molecule has 2 aromatic heterocycles. The lowest BCUT2D eigenvalue weighted by Gasteiger charge is -2.05. The molecule has 0 aliphatic carbocycles. The number of rotatable bonds is 4. The van der Waals surface area contributed by atoms with Gasteiger partial charge in [-0.15, -0.1) is 0 Å². The molecule has 0 saturated heterocycles. The molecule has 2 rings (SSSR count). The van der Waals surface area contributed by atoms with Crippen LogP contribution in [0.2, 0.25) is 5.15 Å². The van der Waals surface area contributed by atoms with E-state index in [9.17, 15) is 0 Å². The van der Waals surface area contributed by atoms with Gasteiger partial charge >= 0.3 is 0 Å². The van der Waals surface area contributed by atoms with Crippen LogP contribution in [0.4, 0.5) is 5.82 Å². The molecule has 0 bridgehead atoms. The van der Waals surface area contributed by atoms with Crippen LogP contribution < -0.4 is 5.32 Å². The zero-order chi connectivity index (χ0) is 13.1. The molecule has 18 heavy (non-hydrogen) atoms. The van der Waals surface area contributed by atoms with Gasteiger partial charge in [0, 0.05) is 12.5 Å². The first-order valence-corrected chi connectivity index (χ1v) is 6.16. The van der Waals surface area contributed by atoms with Gasteiger partial charge in [-0.25, -0.2) is 15.0 Å². The minimum absolute atomic E-state index is 0.434. The summed E-state index contributed by atoms with van der Waals surface area (Å²) in [6, 6.07) is 1.68. The van der Waals surface area contributed by atoms with Crippen molar-refractivity contribution in [1.82, 2.24) is 15.0 Å². The van der Waals surface area contributed by atoms with Crippen LogP contribution in [-0.2, 0) is 13.0 Å². The molecule has 2 aromatic rings. The van der Waals surface area contributed by atoms with Crippen LogP contribution in [0.5, 0.6) is 0 Å². The summed E-state index contributed by atoms with van der Waals surface area (Å²) in [5.41, 5.74) is 0.904. The topological polar surface area (TPSA) is 63.8 Å². The number of halogens is 1. The lowest BCUT2D eigenvalue weighted by molar-refractivity contribution is 0.478. The van der Waals surface area contributed by atoms with E-state index < -0.39 is 0 Å². The van der Waals surface area contributed by atoms with Gasteiger partial charge in [-0.1, -0.05) is 18.5 Å². The summed E-state index contributed by atoms with van der Waals surface area (Å²) >= 11 is 5.91. The van der Waals surface area contributed by atoms with Gasteiger partial charge in [-0.3, -0.25) is 0 Å². The van der Waals surface area contributed by atoms with Gasteiger partial charge in [0.15, 0.2) is 0 Å². The Hall–Kier alpha value is -1.62. The molecule has 0 unspecified atom stereocenters. The Bertz CT molecular complexity index is 534. The number of hydrogen-bond acceptors (Lipinski definition) is 5. The highest BCUT2D eigenvalue weighted by atomic mass is 35.5. The largest absolute Gasteiger partial charge is 0.444 e. The predicted octanol–water partition coefficient (Wildman–Crippen LogP) is 2.91. The molecule has 0 amide bonds. The summed E-state index contributed by atoms with van der Waals surface area (Å²) in [5, 5.41) is 3.56. The molecule has 0 aromatic carbocycles. The highest BCUT2D eigenvalue weighted by molar-refractivity contribution is 6.29. The first kappa shape index (κ1) is 12.8. The van der Waals surface area contributed by atoms with Crippen molar-refractivity contribution in [1.29, 1.82) is 0 Å². The number of aromatic nitrogens is 3. The summed E-state index contributed by atoms with van der Waals surface area (Å²) < 4.78 is 5.47. The van der Waals surface area contributed by atoms with E-state index in [2.05, 4.69) is 20.3 Å². The highest BCUT2D eigenvalue weighted by Gasteiger charge is 2.06. The van der Waals surface area contributed by atoms with Crippen molar-refractivity contribution in [2.75, 3.05) is 5.32 Å². The van der Waals surface area contributed by atoms with Gasteiger partial charge in [-0.2, -0.15) is 0 Å². The van der Waals surface area contributed by atoms with Crippen molar-refractivity contribution in [2.24, 2.45) is 0 Å². The van der Waals surface area contributed by atoms with E-state index >= 15 is 0 Å². The SMILES string of the molecule is CCc1nc(Cl)cc(NCc2nc(C)c(C)o2)n1. The van der Waals surface area contributed by atoms with E-state index in [1.165, 1.54) is 0 Å². The van der Waals surface area contributed by atoms with E-state index in [4.69, 9.17) is 16.0 Å². The quantitative estimate of drug-likeness (QED) is 0.862. The molecule has 0 radical (unpaired) electrons. The maximum Gasteiger partial charge on any atom is 0.213 e. The number of nitrogens with one attached hydrogen (secondary N) is 1. The monoisotopic (exact) mass is 266 g/mol. The van der Waals surface area contributed by atoms with E-state index in [0.717, 1.165) is 17.9 Å². The van der Waals surface area contributed by atoms with E-state index in [-0.39, 0.29) is 0 Å². The van der Waals surface area contributed by atoms with Gasteiger partial charge < -0.3 is 9.73 Å². The van der Waals surface area contributed by atoms with Crippen LogP contribution in [0.15, 0.2) is 10.5 Å². The summed E-state index contributed by atoms with van der Waals surface area (Å²) in [6.45, 7) is 6.27. The second kappa shape index (κ2) is 5.35. The number of nitrogens with zero attached hydrogens (tertiary/aromatic N) is 3. The lowest BCUT2D eigenvalue weighted by atomic mass is 10.4. The summed E-state index contributed by atoms with van der Waals surface area (Å²) in [5.74, 6) is 2.87. The molecule has 0 aliphatic heterocycles. The molecule has 96 valence electrons. The fourth-order valence-electron chi connectivity index (χ4n) is 1.49. The van der Waals surface area contributed by atoms with Gasteiger partial charge in [-0.05, 0) is 13.8 Å². The van der Waals surface area contributed by atoms with Gasteiger partial charge in [0.2, 0.25) is 5.89 Å². The Morgan fingerprint density at radius 1 is 1.28 bits per heavy atom. The van der Waals surface area contributed by atoms with Crippen LogP contribution in [0.1, 0.15) is 30.1 Å². The van der Waals surface area contributed by atoms with E-state index in [0.29, 0.717) is 29.2 Å². The third kappa shape index (κ3) is 2.98. The van der Waals surface area contributed by atoms with Crippen molar-refractivity contribution >= 4 is 17.4 Å². The van der Waals surface area contributed by atoms with Gasteiger partial charge in [0.25, 0.3) is 0 Å². The van der Waals surface area contributed by atoms with Gasteiger partial charge in [0.05, 0.1) is 12.2 Å². The van der Waals surface area contributed by atoms with Crippen molar-refractivity contribution in [3.05, 3.63) is 34.4 Å². The third-order valence-electron chi connectivity index (χ3n) is 2.55. The number of hydrogen-bond donors (Lipinski definition) is 1. The molecule has 0 fully saturated rings. The Balaban J connectivity index is 2.07. The molecule has 0 spiro atoms. The minimum Gasteiger partial charge on any atom is -0.444 e. The molecule has 0 aliphatic rings. The maximum absolute atomic E-state index is 5.91. The summed E-state index contributed by atoms with van der Waals surface area (Å²) in [4.78, 5) is 12.7.